The van der Waals surface area contributed by atoms with E-state index in [0.29, 0.717) is 5.56 Å². The standard InChI is InChI=1S/C14H10F2INO/c15-11-3-6-13(16)10(7-11)8-18-14(19)9-1-4-12(17)5-2-9/h1-7H,8H2,(H,18,19). The van der Waals surface area contributed by atoms with E-state index >= 15 is 0 Å². The van der Waals surface area contributed by atoms with Crippen molar-refractivity contribution >= 4 is 28.5 Å². The zero-order chi connectivity index (χ0) is 13.8. The average molecular weight is 373 g/mol. The third-order valence-electron chi connectivity index (χ3n) is 2.55. The quantitative estimate of drug-likeness (QED) is 0.820. The highest BCUT2D eigenvalue weighted by molar-refractivity contribution is 14.1. The Bertz CT molecular complexity index is 599. The van der Waals surface area contributed by atoms with Gasteiger partial charge >= 0.3 is 0 Å². The number of rotatable bonds is 3. The topological polar surface area (TPSA) is 29.1 Å². The van der Waals surface area contributed by atoms with Crippen LogP contribution in [0.15, 0.2) is 42.5 Å². The van der Waals surface area contributed by atoms with Gasteiger partial charge in [-0.1, -0.05) is 0 Å². The zero-order valence-electron chi connectivity index (χ0n) is 9.79. The van der Waals surface area contributed by atoms with E-state index in [9.17, 15) is 13.6 Å². The lowest BCUT2D eigenvalue weighted by atomic mass is 10.2. The number of amides is 1. The first-order chi connectivity index (χ1) is 9.06. The lowest BCUT2D eigenvalue weighted by Crippen LogP contribution is -2.23. The third kappa shape index (κ3) is 3.73. The molecule has 0 saturated heterocycles. The molecule has 2 aromatic carbocycles. The highest BCUT2D eigenvalue weighted by Crippen LogP contribution is 2.10. The molecular formula is C14H10F2INO. The van der Waals surface area contributed by atoms with Crippen LogP contribution < -0.4 is 5.32 Å². The summed E-state index contributed by atoms with van der Waals surface area (Å²) < 4.78 is 27.3. The maximum atomic E-state index is 13.4. The summed E-state index contributed by atoms with van der Waals surface area (Å²) in [5, 5.41) is 2.55. The first-order valence-corrected chi connectivity index (χ1v) is 6.62. The van der Waals surface area contributed by atoms with Crippen LogP contribution in [0.5, 0.6) is 0 Å². The molecule has 1 amide bonds. The molecule has 0 atom stereocenters. The maximum Gasteiger partial charge on any atom is 0.251 e. The fourth-order valence-corrected chi connectivity index (χ4v) is 1.92. The van der Waals surface area contributed by atoms with Crippen molar-refractivity contribution in [3.63, 3.8) is 0 Å². The monoisotopic (exact) mass is 373 g/mol. The number of hydrogen-bond acceptors (Lipinski definition) is 1. The minimum Gasteiger partial charge on any atom is -0.348 e. The zero-order valence-corrected chi connectivity index (χ0v) is 11.9. The van der Waals surface area contributed by atoms with Gasteiger partial charge in [0.25, 0.3) is 5.91 Å². The van der Waals surface area contributed by atoms with Crippen molar-refractivity contribution in [1.82, 2.24) is 5.32 Å². The lowest BCUT2D eigenvalue weighted by Gasteiger charge is -2.06. The van der Waals surface area contributed by atoms with Crippen LogP contribution in [-0.2, 0) is 6.54 Å². The minimum atomic E-state index is -0.538. The fraction of sp³-hybridized carbons (Fsp3) is 0.0714. The van der Waals surface area contributed by atoms with Crippen LogP contribution in [-0.4, -0.2) is 5.91 Å². The van der Waals surface area contributed by atoms with E-state index in [0.717, 1.165) is 21.8 Å². The lowest BCUT2D eigenvalue weighted by molar-refractivity contribution is 0.0950. The molecule has 0 aromatic heterocycles. The minimum absolute atomic E-state index is 0.0472. The van der Waals surface area contributed by atoms with Crippen molar-refractivity contribution in [2.45, 2.75) is 6.54 Å². The Balaban J connectivity index is 2.04. The summed E-state index contributed by atoms with van der Waals surface area (Å²) in [6, 6.07) is 10.1. The number of benzene rings is 2. The van der Waals surface area contributed by atoms with E-state index in [1.54, 1.807) is 24.3 Å². The van der Waals surface area contributed by atoms with Gasteiger partial charge in [0.1, 0.15) is 11.6 Å². The SMILES string of the molecule is O=C(NCc1cc(F)ccc1F)c1ccc(I)cc1. The second-order valence-corrected chi connectivity index (χ2v) is 5.17. The predicted octanol–water partition coefficient (Wildman–Crippen LogP) is 3.50. The number of hydrogen-bond donors (Lipinski definition) is 1. The molecule has 0 aliphatic carbocycles. The predicted molar refractivity (Wildman–Crippen MR) is 76.7 cm³/mol. The van der Waals surface area contributed by atoms with Crippen molar-refractivity contribution in [3.8, 4) is 0 Å². The fourth-order valence-electron chi connectivity index (χ4n) is 1.56. The van der Waals surface area contributed by atoms with Crippen molar-refractivity contribution in [2.75, 3.05) is 0 Å². The smallest absolute Gasteiger partial charge is 0.251 e. The molecule has 5 heteroatoms. The number of halogens is 3. The van der Waals surface area contributed by atoms with E-state index in [-0.39, 0.29) is 18.0 Å². The van der Waals surface area contributed by atoms with Gasteiger partial charge in [0.05, 0.1) is 0 Å². The Kier molecular flexibility index (Phi) is 4.47. The van der Waals surface area contributed by atoms with Gasteiger partial charge in [-0.2, -0.15) is 0 Å². The van der Waals surface area contributed by atoms with E-state index in [1.165, 1.54) is 0 Å². The first-order valence-electron chi connectivity index (χ1n) is 5.54. The van der Waals surface area contributed by atoms with E-state index in [4.69, 9.17) is 0 Å². The highest BCUT2D eigenvalue weighted by Gasteiger charge is 2.08. The third-order valence-corrected chi connectivity index (χ3v) is 3.27. The van der Waals surface area contributed by atoms with Crippen LogP contribution in [0.2, 0.25) is 0 Å². The number of nitrogens with one attached hydrogen (secondary N) is 1. The summed E-state index contributed by atoms with van der Waals surface area (Å²) in [7, 11) is 0. The molecule has 1 N–H and O–H groups in total. The number of carbonyl (C=O) groups is 1. The average Bonchev–Trinajstić information content (AvgIpc) is 2.40. The molecule has 0 saturated carbocycles. The molecule has 0 aliphatic rings. The van der Waals surface area contributed by atoms with Gasteiger partial charge in [0.2, 0.25) is 0 Å². The number of carbonyl (C=O) groups excluding carboxylic acids is 1. The van der Waals surface area contributed by atoms with Crippen LogP contribution in [0.1, 0.15) is 15.9 Å². The molecule has 2 aromatic rings. The second kappa shape index (κ2) is 6.10. The molecule has 0 aliphatic heterocycles. The van der Waals surface area contributed by atoms with Gasteiger partial charge in [-0.05, 0) is 65.1 Å². The second-order valence-electron chi connectivity index (χ2n) is 3.93. The van der Waals surface area contributed by atoms with E-state index in [1.807, 2.05) is 0 Å². The molecule has 0 fully saturated rings. The summed E-state index contributed by atoms with van der Waals surface area (Å²) in [5.74, 6) is -1.38. The van der Waals surface area contributed by atoms with E-state index in [2.05, 4.69) is 27.9 Å². The van der Waals surface area contributed by atoms with Crippen molar-refractivity contribution in [2.24, 2.45) is 0 Å². The van der Waals surface area contributed by atoms with Crippen LogP contribution in [0, 0.1) is 15.2 Å². The van der Waals surface area contributed by atoms with Crippen molar-refractivity contribution in [3.05, 3.63) is 68.8 Å². The summed E-state index contributed by atoms with van der Waals surface area (Å²) in [4.78, 5) is 11.8. The summed E-state index contributed by atoms with van der Waals surface area (Å²) >= 11 is 2.14. The maximum absolute atomic E-state index is 13.4. The highest BCUT2D eigenvalue weighted by atomic mass is 127. The van der Waals surface area contributed by atoms with Gasteiger partial charge in [-0.3, -0.25) is 4.79 Å². The van der Waals surface area contributed by atoms with Gasteiger partial charge in [-0.25, -0.2) is 8.78 Å². The normalized spacial score (nSPS) is 10.3. The van der Waals surface area contributed by atoms with Crippen molar-refractivity contribution < 1.29 is 13.6 Å². The van der Waals surface area contributed by atoms with E-state index < -0.39 is 11.6 Å². The Hall–Kier alpha value is -1.50. The van der Waals surface area contributed by atoms with Crippen molar-refractivity contribution in [1.29, 1.82) is 0 Å². The van der Waals surface area contributed by atoms with Crippen LogP contribution >= 0.6 is 22.6 Å². The first kappa shape index (κ1) is 13.9. The molecule has 98 valence electrons. The Morgan fingerprint density at radius 3 is 2.47 bits per heavy atom. The van der Waals surface area contributed by atoms with Gasteiger partial charge in [-0.15, -0.1) is 0 Å². The molecule has 0 spiro atoms. The molecule has 0 heterocycles. The summed E-state index contributed by atoms with van der Waals surface area (Å²) in [6.45, 7) is -0.0472. The molecular weight excluding hydrogens is 363 g/mol. The molecule has 2 nitrogen and oxygen atoms in total. The Labute approximate surface area is 123 Å². The van der Waals surface area contributed by atoms with Gasteiger partial charge in [0.15, 0.2) is 0 Å². The summed E-state index contributed by atoms with van der Waals surface area (Å²) in [5.41, 5.74) is 0.607. The molecule has 0 unspecified atom stereocenters. The van der Waals surface area contributed by atoms with Gasteiger partial charge in [0, 0.05) is 21.2 Å². The molecule has 0 radical (unpaired) electrons. The Morgan fingerprint density at radius 2 is 1.79 bits per heavy atom. The molecule has 2 rings (SSSR count). The van der Waals surface area contributed by atoms with Crippen LogP contribution in [0.3, 0.4) is 0 Å². The van der Waals surface area contributed by atoms with Crippen LogP contribution in [0.25, 0.3) is 0 Å². The largest absolute Gasteiger partial charge is 0.348 e. The van der Waals surface area contributed by atoms with Gasteiger partial charge < -0.3 is 5.32 Å². The van der Waals surface area contributed by atoms with Crippen LogP contribution in [0.4, 0.5) is 8.78 Å². The summed E-state index contributed by atoms with van der Waals surface area (Å²) in [6.07, 6.45) is 0. The molecule has 0 bridgehead atoms. The molecule has 19 heavy (non-hydrogen) atoms. The Morgan fingerprint density at radius 1 is 1.11 bits per heavy atom.